The molecular weight excluding hydrogens is 248 g/mol. The van der Waals surface area contributed by atoms with Gasteiger partial charge in [0.25, 0.3) is 0 Å². The maximum atomic E-state index is 9.73. The van der Waals surface area contributed by atoms with Gasteiger partial charge in [0, 0.05) is 5.56 Å². The van der Waals surface area contributed by atoms with E-state index in [1.807, 2.05) is 13.8 Å². The van der Waals surface area contributed by atoms with E-state index >= 15 is 0 Å². The smallest absolute Gasteiger partial charge is 0.166 e. The molecule has 5 heteroatoms. The summed E-state index contributed by atoms with van der Waals surface area (Å²) < 4.78 is 16.0. The molecule has 1 rings (SSSR count). The molecule has 19 heavy (non-hydrogen) atoms. The highest BCUT2D eigenvalue weighted by molar-refractivity contribution is 5.46. The molecule has 0 radical (unpaired) electrons. The zero-order valence-electron chi connectivity index (χ0n) is 11.6. The summed E-state index contributed by atoms with van der Waals surface area (Å²) in [4.78, 5) is 0. The molecule has 2 N–H and O–H groups in total. The largest absolute Gasteiger partial charge is 0.493 e. The molecule has 0 amide bonds. The molecule has 108 valence electrons. The zero-order valence-corrected chi connectivity index (χ0v) is 11.6. The van der Waals surface area contributed by atoms with Gasteiger partial charge in [-0.05, 0) is 19.9 Å². The minimum absolute atomic E-state index is 0.0638. The van der Waals surface area contributed by atoms with Gasteiger partial charge in [-0.2, -0.15) is 0 Å². The number of hydrogen-bond donors (Lipinski definition) is 2. The van der Waals surface area contributed by atoms with Crippen molar-refractivity contribution in [1.29, 1.82) is 0 Å². The minimum atomic E-state index is -0.723. The average molecular weight is 270 g/mol. The van der Waals surface area contributed by atoms with Crippen molar-refractivity contribution in [2.75, 3.05) is 20.3 Å². The van der Waals surface area contributed by atoms with Gasteiger partial charge in [-0.1, -0.05) is 12.1 Å². The van der Waals surface area contributed by atoms with Crippen LogP contribution in [0.1, 0.15) is 19.4 Å². The van der Waals surface area contributed by atoms with Crippen molar-refractivity contribution in [1.82, 2.24) is 0 Å². The highest BCUT2D eigenvalue weighted by atomic mass is 16.5. The molecule has 0 aliphatic heterocycles. The van der Waals surface area contributed by atoms with Crippen molar-refractivity contribution >= 4 is 0 Å². The summed E-state index contributed by atoms with van der Waals surface area (Å²) in [6, 6.07) is 5.26. The van der Waals surface area contributed by atoms with Gasteiger partial charge in [0.05, 0.1) is 26.4 Å². The monoisotopic (exact) mass is 270 g/mol. The molecule has 0 spiro atoms. The van der Waals surface area contributed by atoms with E-state index in [1.54, 1.807) is 18.2 Å². The van der Waals surface area contributed by atoms with Crippen molar-refractivity contribution < 1.29 is 24.4 Å². The molecule has 0 heterocycles. The van der Waals surface area contributed by atoms with Crippen LogP contribution >= 0.6 is 0 Å². The number of benzene rings is 1. The van der Waals surface area contributed by atoms with Gasteiger partial charge < -0.3 is 24.4 Å². The van der Waals surface area contributed by atoms with Crippen LogP contribution in [0.25, 0.3) is 0 Å². The predicted octanol–water partition coefficient (Wildman–Crippen LogP) is 1.35. The van der Waals surface area contributed by atoms with Crippen LogP contribution in [0.5, 0.6) is 11.5 Å². The van der Waals surface area contributed by atoms with E-state index in [4.69, 9.17) is 14.2 Å². The second-order valence-corrected chi connectivity index (χ2v) is 4.45. The lowest BCUT2D eigenvalue weighted by atomic mass is 10.2. The molecule has 1 unspecified atom stereocenters. The lowest BCUT2D eigenvalue weighted by molar-refractivity contribution is -0.0128. The first-order valence-electron chi connectivity index (χ1n) is 6.27. The molecular formula is C14H22O5. The second kappa shape index (κ2) is 7.99. The first-order valence-corrected chi connectivity index (χ1v) is 6.27. The average Bonchev–Trinajstić information content (AvgIpc) is 2.42. The molecule has 1 aromatic carbocycles. The quantitative estimate of drug-likeness (QED) is 0.746. The summed E-state index contributed by atoms with van der Waals surface area (Å²) in [7, 11) is 1.53. The molecule has 5 nitrogen and oxygen atoms in total. The highest BCUT2D eigenvalue weighted by Crippen LogP contribution is 2.31. The van der Waals surface area contributed by atoms with E-state index in [1.165, 1.54) is 7.11 Å². The van der Waals surface area contributed by atoms with Crippen LogP contribution in [0, 0.1) is 0 Å². The molecule has 1 atom stereocenters. The molecule has 0 aliphatic carbocycles. The Hall–Kier alpha value is -1.30. The Morgan fingerprint density at radius 1 is 1.21 bits per heavy atom. The number of methoxy groups -OCH3 is 1. The maximum Gasteiger partial charge on any atom is 0.166 e. The maximum absolute atomic E-state index is 9.73. The number of rotatable bonds is 8. The van der Waals surface area contributed by atoms with Crippen molar-refractivity contribution in [2.24, 2.45) is 0 Å². The van der Waals surface area contributed by atoms with Gasteiger partial charge in [-0.3, -0.25) is 0 Å². The van der Waals surface area contributed by atoms with Gasteiger partial charge in [0.15, 0.2) is 11.5 Å². The van der Waals surface area contributed by atoms with Gasteiger partial charge in [0.2, 0.25) is 0 Å². The van der Waals surface area contributed by atoms with Crippen LogP contribution in [0.4, 0.5) is 0 Å². The lowest BCUT2D eigenvalue weighted by Gasteiger charge is -2.17. The molecule has 0 bridgehead atoms. The Balaban J connectivity index is 2.61. The van der Waals surface area contributed by atoms with E-state index in [0.29, 0.717) is 17.1 Å². The molecule has 0 fully saturated rings. The summed E-state index contributed by atoms with van der Waals surface area (Å²) in [6.07, 6.45) is -0.659. The van der Waals surface area contributed by atoms with Crippen LogP contribution in [-0.2, 0) is 11.3 Å². The topological polar surface area (TPSA) is 68.2 Å². The van der Waals surface area contributed by atoms with Crippen LogP contribution in [-0.4, -0.2) is 42.7 Å². The van der Waals surface area contributed by atoms with E-state index in [9.17, 15) is 10.2 Å². The number of para-hydroxylation sites is 1. The van der Waals surface area contributed by atoms with Crippen molar-refractivity contribution in [3.05, 3.63) is 23.8 Å². The standard InChI is InChI=1S/C14H22O5/c1-10(2)18-8-12(16)9-19-14-11(7-15)5-4-6-13(14)17-3/h4-6,10,12,15-16H,7-9H2,1-3H3. The van der Waals surface area contributed by atoms with Gasteiger partial charge >= 0.3 is 0 Å². The third-order valence-corrected chi connectivity index (χ3v) is 2.49. The van der Waals surface area contributed by atoms with Crippen molar-refractivity contribution in [3.63, 3.8) is 0 Å². The number of ether oxygens (including phenoxy) is 3. The number of hydrogen-bond acceptors (Lipinski definition) is 5. The highest BCUT2D eigenvalue weighted by Gasteiger charge is 2.13. The molecule has 1 aromatic rings. The SMILES string of the molecule is COc1cccc(CO)c1OCC(O)COC(C)C. The molecule has 0 aliphatic rings. The van der Waals surface area contributed by atoms with Crippen molar-refractivity contribution in [3.8, 4) is 11.5 Å². The fraction of sp³-hybridized carbons (Fsp3) is 0.571. The summed E-state index contributed by atoms with van der Waals surface area (Å²) in [6.45, 7) is 3.95. The van der Waals surface area contributed by atoms with Crippen LogP contribution < -0.4 is 9.47 Å². The fourth-order valence-electron chi connectivity index (χ4n) is 1.54. The third-order valence-electron chi connectivity index (χ3n) is 2.49. The Kier molecular flexibility index (Phi) is 6.62. The first-order chi connectivity index (χ1) is 9.08. The summed E-state index contributed by atoms with van der Waals surface area (Å²) in [5.41, 5.74) is 0.622. The third kappa shape index (κ3) is 5.06. The van der Waals surface area contributed by atoms with Gasteiger partial charge in [0.1, 0.15) is 12.7 Å². The lowest BCUT2D eigenvalue weighted by Crippen LogP contribution is -2.25. The van der Waals surface area contributed by atoms with Crippen molar-refractivity contribution in [2.45, 2.75) is 32.7 Å². The Morgan fingerprint density at radius 2 is 1.95 bits per heavy atom. The Morgan fingerprint density at radius 3 is 2.53 bits per heavy atom. The van der Waals surface area contributed by atoms with Gasteiger partial charge in [-0.25, -0.2) is 0 Å². The van der Waals surface area contributed by atoms with E-state index in [2.05, 4.69) is 0 Å². The normalized spacial score (nSPS) is 12.5. The minimum Gasteiger partial charge on any atom is -0.493 e. The summed E-state index contributed by atoms with van der Waals surface area (Å²) >= 11 is 0. The number of aliphatic hydroxyl groups excluding tert-OH is 2. The van der Waals surface area contributed by atoms with Crippen LogP contribution in [0.15, 0.2) is 18.2 Å². The molecule has 0 saturated carbocycles. The van der Waals surface area contributed by atoms with Crippen LogP contribution in [0.2, 0.25) is 0 Å². The first kappa shape index (κ1) is 15.8. The van der Waals surface area contributed by atoms with E-state index in [0.717, 1.165) is 0 Å². The summed E-state index contributed by atoms with van der Waals surface area (Å²) in [5, 5.41) is 19.0. The zero-order chi connectivity index (χ0) is 14.3. The summed E-state index contributed by atoms with van der Waals surface area (Å²) in [5.74, 6) is 0.986. The predicted molar refractivity (Wildman–Crippen MR) is 71.5 cm³/mol. The Labute approximate surface area is 113 Å². The van der Waals surface area contributed by atoms with E-state index in [-0.39, 0.29) is 25.9 Å². The van der Waals surface area contributed by atoms with Crippen LogP contribution in [0.3, 0.4) is 0 Å². The van der Waals surface area contributed by atoms with E-state index < -0.39 is 6.10 Å². The second-order valence-electron chi connectivity index (χ2n) is 4.45. The molecule has 0 aromatic heterocycles. The molecule has 0 saturated heterocycles. The fourth-order valence-corrected chi connectivity index (χ4v) is 1.54. The Bertz CT molecular complexity index is 356. The number of aliphatic hydroxyl groups is 2. The van der Waals surface area contributed by atoms with Gasteiger partial charge in [-0.15, -0.1) is 0 Å².